The molecule has 1 aliphatic heterocycles. The molecule has 0 saturated carbocycles. The Kier molecular flexibility index (Phi) is 4.77. The second-order valence-corrected chi connectivity index (χ2v) is 8.59. The molecule has 7 heteroatoms. The molecule has 1 unspecified atom stereocenters. The maximum atomic E-state index is 10.7. The largest absolute Gasteiger partial charge is 0.385 e. The predicted octanol–water partition coefficient (Wildman–Crippen LogP) is 4.04. The molecule has 1 aliphatic rings. The minimum atomic E-state index is -0.520. The molecular weight excluding hydrogens is 382 g/mol. The summed E-state index contributed by atoms with van der Waals surface area (Å²) >= 11 is 1.71. The maximum absolute atomic E-state index is 10.7. The fourth-order valence-corrected chi connectivity index (χ4v) is 5.14. The number of imidazole rings is 1. The molecule has 3 aromatic heterocycles. The molecule has 148 valence electrons. The van der Waals surface area contributed by atoms with Gasteiger partial charge in [0.25, 0.3) is 0 Å². The number of nitrogens with zero attached hydrogens (tertiary/aromatic N) is 5. The molecule has 4 aromatic rings. The van der Waals surface area contributed by atoms with Gasteiger partial charge in [-0.15, -0.1) is 11.3 Å². The third-order valence-corrected chi connectivity index (χ3v) is 6.87. The molecule has 1 fully saturated rings. The lowest BCUT2D eigenvalue weighted by atomic mass is 9.90. The summed E-state index contributed by atoms with van der Waals surface area (Å²) in [6.45, 7) is 1.74. The zero-order valence-electron chi connectivity index (χ0n) is 16.3. The highest BCUT2D eigenvalue weighted by Gasteiger charge is 2.29. The smallest absolute Gasteiger partial charge is 0.140 e. The second kappa shape index (κ2) is 7.57. The van der Waals surface area contributed by atoms with E-state index >= 15 is 0 Å². The molecule has 5 rings (SSSR count). The zero-order valence-corrected chi connectivity index (χ0v) is 17.1. The quantitative estimate of drug-likeness (QED) is 0.555. The molecule has 1 aromatic carbocycles. The summed E-state index contributed by atoms with van der Waals surface area (Å²) in [6, 6.07) is 12.6. The van der Waals surface area contributed by atoms with E-state index < -0.39 is 6.10 Å². The molecule has 1 atom stereocenters. The van der Waals surface area contributed by atoms with Crippen molar-refractivity contribution < 1.29 is 5.11 Å². The van der Waals surface area contributed by atoms with E-state index in [0.717, 1.165) is 47.8 Å². The SMILES string of the molecule is Cn1ccnc1C(O)C1CCN(c2ncnc3sc(-c4ccccc4)cc23)CC1. The van der Waals surface area contributed by atoms with Gasteiger partial charge in [0.1, 0.15) is 28.9 Å². The van der Waals surface area contributed by atoms with Crippen LogP contribution < -0.4 is 4.90 Å². The van der Waals surface area contributed by atoms with Gasteiger partial charge in [-0.1, -0.05) is 30.3 Å². The summed E-state index contributed by atoms with van der Waals surface area (Å²) in [5, 5.41) is 11.9. The van der Waals surface area contributed by atoms with Crippen LogP contribution in [0.4, 0.5) is 5.82 Å². The average molecular weight is 406 g/mol. The van der Waals surface area contributed by atoms with E-state index in [4.69, 9.17) is 0 Å². The number of thiophene rings is 1. The van der Waals surface area contributed by atoms with Gasteiger partial charge in [0, 0.05) is 37.4 Å². The standard InChI is InChI=1S/C22H23N5OS/c1-26-12-9-23-21(26)19(28)16-7-10-27(11-8-16)20-17-13-18(15-5-3-2-4-6-15)29-22(17)25-14-24-20/h2-6,9,12-14,16,19,28H,7-8,10-11H2,1H3. The van der Waals surface area contributed by atoms with Crippen molar-refractivity contribution in [2.75, 3.05) is 18.0 Å². The molecule has 0 amide bonds. The number of piperidine rings is 1. The highest BCUT2D eigenvalue weighted by Crippen LogP contribution is 2.38. The van der Waals surface area contributed by atoms with E-state index in [2.05, 4.69) is 50.2 Å². The Hall–Kier alpha value is -2.77. The maximum Gasteiger partial charge on any atom is 0.140 e. The Morgan fingerprint density at radius 2 is 1.90 bits per heavy atom. The van der Waals surface area contributed by atoms with Crippen molar-refractivity contribution in [1.82, 2.24) is 19.5 Å². The Morgan fingerprint density at radius 3 is 2.62 bits per heavy atom. The number of hydrogen-bond donors (Lipinski definition) is 1. The third-order valence-electron chi connectivity index (χ3n) is 5.78. The molecule has 0 spiro atoms. The van der Waals surface area contributed by atoms with Crippen molar-refractivity contribution in [1.29, 1.82) is 0 Å². The third kappa shape index (κ3) is 3.41. The van der Waals surface area contributed by atoms with E-state index in [9.17, 15) is 5.11 Å². The van der Waals surface area contributed by atoms with Gasteiger partial charge in [-0.2, -0.15) is 0 Å². The summed E-state index contributed by atoms with van der Waals surface area (Å²) in [6.07, 6.45) is 6.59. The van der Waals surface area contributed by atoms with Crippen LogP contribution in [0, 0.1) is 5.92 Å². The zero-order chi connectivity index (χ0) is 19.8. The molecule has 0 aliphatic carbocycles. The Morgan fingerprint density at radius 1 is 1.10 bits per heavy atom. The van der Waals surface area contributed by atoms with Gasteiger partial charge in [0.15, 0.2) is 0 Å². The van der Waals surface area contributed by atoms with Crippen molar-refractivity contribution in [3.8, 4) is 10.4 Å². The monoisotopic (exact) mass is 405 g/mol. The first-order chi connectivity index (χ1) is 14.2. The van der Waals surface area contributed by atoms with Gasteiger partial charge in [-0.25, -0.2) is 15.0 Å². The number of aliphatic hydroxyl groups excluding tert-OH is 1. The number of benzene rings is 1. The number of aryl methyl sites for hydroxylation is 1. The van der Waals surface area contributed by atoms with Crippen LogP contribution in [0.2, 0.25) is 0 Å². The van der Waals surface area contributed by atoms with E-state index in [1.54, 1.807) is 23.9 Å². The molecule has 1 N–H and O–H groups in total. The van der Waals surface area contributed by atoms with Crippen LogP contribution in [0.5, 0.6) is 0 Å². The number of fused-ring (bicyclic) bond motifs is 1. The predicted molar refractivity (Wildman–Crippen MR) is 116 cm³/mol. The molecule has 0 radical (unpaired) electrons. The first-order valence-corrected chi connectivity index (χ1v) is 10.7. The van der Waals surface area contributed by atoms with Crippen LogP contribution in [-0.2, 0) is 7.05 Å². The molecular formula is C22H23N5OS. The van der Waals surface area contributed by atoms with Crippen molar-refractivity contribution in [2.24, 2.45) is 13.0 Å². The highest BCUT2D eigenvalue weighted by atomic mass is 32.1. The van der Waals surface area contributed by atoms with Crippen LogP contribution in [-0.4, -0.2) is 37.7 Å². The number of hydrogen-bond acceptors (Lipinski definition) is 6. The average Bonchev–Trinajstić information content (AvgIpc) is 3.40. The van der Waals surface area contributed by atoms with E-state index in [-0.39, 0.29) is 5.92 Å². The van der Waals surface area contributed by atoms with Crippen molar-refractivity contribution in [3.05, 3.63) is 60.9 Å². The molecule has 1 saturated heterocycles. The topological polar surface area (TPSA) is 67.1 Å². The lowest BCUT2D eigenvalue weighted by Crippen LogP contribution is -2.36. The molecule has 6 nitrogen and oxygen atoms in total. The fraction of sp³-hybridized carbons (Fsp3) is 0.318. The molecule has 4 heterocycles. The normalized spacial score (nSPS) is 16.4. The van der Waals surface area contributed by atoms with Crippen LogP contribution >= 0.6 is 11.3 Å². The van der Waals surface area contributed by atoms with E-state index in [1.165, 1.54) is 10.4 Å². The molecule has 29 heavy (non-hydrogen) atoms. The fourth-order valence-electron chi connectivity index (χ4n) is 4.14. The number of aliphatic hydroxyl groups is 1. The summed E-state index contributed by atoms with van der Waals surface area (Å²) in [4.78, 5) is 18.0. The molecule has 0 bridgehead atoms. The van der Waals surface area contributed by atoms with Crippen molar-refractivity contribution in [2.45, 2.75) is 18.9 Å². The van der Waals surface area contributed by atoms with Crippen molar-refractivity contribution in [3.63, 3.8) is 0 Å². The first-order valence-electron chi connectivity index (χ1n) is 9.91. The minimum Gasteiger partial charge on any atom is -0.385 e. The minimum absolute atomic E-state index is 0.215. The second-order valence-electron chi connectivity index (χ2n) is 7.56. The highest BCUT2D eigenvalue weighted by molar-refractivity contribution is 7.21. The summed E-state index contributed by atoms with van der Waals surface area (Å²) in [5.41, 5.74) is 1.21. The van der Waals surface area contributed by atoms with Gasteiger partial charge >= 0.3 is 0 Å². The van der Waals surface area contributed by atoms with E-state index in [1.807, 2.05) is 23.9 Å². The van der Waals surface area contributed by atoms with Crippen molar-refractivity contribution >= 4 is 27.4 Å². The lowest BCUT2D eigenvalue weighted by molar-refractivity contribution is 0.0824. The van der Waals surface area contributed by atoms with Gasteiger partial charge in [-0.3, -0.25) is 0 Å². The lowest BCUT2D eigenvalue weighted by Gasteiger charge is -2.34. The number of anilines is 1. The Bertz CT molecular complexity index is 1110. The van der Waals surface area contributed by atoms with Crippen LogP contribution in [0.1, 0.15) is 24.8 Å². The van der Waals surface area contributed by atoms with Gasteiger partial charge < -0.3 is 14.6 Å². The van der Waals surface area contributed by atoms with Gasteiger partial charge in [0.05, 0.1) is 5.39 Å². The number of aromatic nitrogens is 4. The van der Waals surface area contributed by atoms with Gasteiger partial charge in [0.2, 0.25) is 0 Å². The Balaban J connectivity index is 1.37. The summed E-state index contributed by atoms with van der Waals surface area (Å²) < 4.78 is 1.90. The Labute approximate surface area is 173 Å². The summed E-state index contributed by atoms with van der Waals surface area (Å²) in [5.74, 6) is 1.96. The van der Waals surface area contributed by atoms with Crippen LogP contribution in [0.25, 0.3) is 20.7 Å². The van der Waals surface area contributed by atoms with Gasteiger partial charge in [-0.05, 0) is 30.4 Å². The first kappa shape index (κ1) is 18.3. The number of rotatable bonds is 4. The van der Waals surface area contributed by atoms with E-state index in [0.29, 0.717) is 0 Å². The van der Waals surface area contributed by atoms with Crippen LogP contribution in [0.15, 0.2) is 55.1 Å². The van der Waals surface area contributed by atoms with Crippen LogP contribution in [0.3, 0.4) is 0 Å². The summed E-state index contributed by atoms with van der Waals surface area (Å²) in [7, 11) is 1.93.